The molecule has 0 bridgehead atoms. The minimum atomic E-state index is -3.57. The largest absolute Gasteiger partial charge is 0.352 e. The number of anilines is 1. The van der Waals surface area contributed by atoms with Gasteiger partial charge in [-0.3, -0.25) is 13.9 Å². The van der Waals surface area contributed by atoms with Crippen LogP contribution in [0.25, 0.3) is 0 Å². The first-order valence-corrected chi connectivity index (χ1v) is 14.9. The fourth-order valence-electron chi connectivity index (χ4n) is 4.14. The minimum absolute atomic E-state index is 0.0460. The average Bonchev–Trinajstić information content (AvgIpc) is 2.79. The lowest BCUT2D eigenvalue weighted by molar-refractivity contribution is -0.141. The van der Waals surface area contributed by atoms with Crippen LogP contribution in [0, 0.1) is 13.8 Å². The molecule has 0 saturated heterocycles. The molecule has 1 unspecified atom stereocenters. The second kappa shape index (κ2) is 13.5. The Kier molecular flexibility index (Phi) is 11.3. The summed E-state index contributed by atoms with van der Waals surface area (Å²) >= 11 is 12.8. The number of carbonyl (C=O) groups is 2. The Morgan fingerprint density at radius 2 is 1.62 bits per heavy atom. The summed E-state index contributed by atoms with van der Waals surface area (Å²) in [6.07, 6.45) is 1.87. The van der Waals surface area contributed by atoms with Gasteiger partial charge in [0.05, 0.1) is 11.9 Å². The fraction of sp³-hybridized carbons (Fsp3) is 0.481. The number of sulfonamides is 1. The molecule has 10 heteroatoms. The van der Waals surface area contributed by atoms with Crippen molar-refractivity contribution in [3.63, 3.8) is 0 Å². The summed E-state index contributed by atoms with van der Waals surface area (Å²) in [5.41, 5.74) is 3.00. The Bertz CT molecular complexity index is 1200. The lowest BCUT2D eigenvalue weighted by Gasteiger charge is -2.32. The van der Waals surface area contributed by atoms with Gasteiger partial charge in [-0.25, -0.2) is 8.42 Å². The Hall–Kier alpha value is -2.29. The maximum absolute atomic E-state index is 13.5. The molecule has 0 radical (unpaired) electrons. The normalized spacial score (nSPS) is 12.4. The highest BCUT2D eigenvalue weighted by atomic mass is 35.5. The van der Waals surface area contributed by atoms with Crippen LogP contribution >= 0.6 is 23.2 Å². The molecule has 0 aromatic heterocycles. The van der Waals surface area contributed by atoms with Gasteiger partial charge in [0.1, 0.15) is 6.04 Å². The summed E-state index contributed by atoms with van der Waals surface area (Å²) in [6, 6.07) is 9.78. The van der Waals surface area contributed by atoms with Crippen molar-refractivity contribution in [2.45, 2.75) is 72.5 Å². The maximum atomic E-state index is 13.5. The van der Waals surface area contributed by atoms with Crippen LogP contribution in [0.3, 0.4) is 0 Å². The van der Waals surface area contributed by atoms with Gasteiger partial charge >= 0.3 is 0 Å². The molecule has 0 saturated carbocycles. The Balaban J connectivity index is 2.31. The van der Waals surface area contributed by atoms with Crippen LogP contribution in [0.5, 0.6) is 0 Å². The monoisotopic (exact) mass is 569 g/mol. The van der Waals surface area contributed by atoms with E-state index in [-0.39, 0.29) is 43.8 Å². The van der Waals surface area contributed by atoms with Crippen LogP contribution in [0.2, 0.25) is 10.0 Å². The first-order chi connectivity index (χ1) is 17.3. The molecule has 2 amide bonds. The van der Waals surface area contributed by atoms with Gasteiger partial charge in [0, 0.05) is 41.2 Å². The third-order valence-electron chi connectivity index (χ3n) is 6.20. The number of aryl methyl sites for hydroxylation is 1. The predicted octanol–water partition coefficient (Wildman–Crippen LogP) is 5.49. The minimum Gasteiger partial charge on any atom is -0.352 e. The van der Waals surface area contributed by atoms with E-state index in [9.17, 15) is 18.0 Å². The number of halogens is 2. The number of benzene rings is 2. The van der Waals surface area contributed by atoms with Crippen LogP contribution in [0.4, 0.5) is 5.69 Å². The number of carbonyl (C=O) groups excluding carboxylic acids is 2. The molecule has 1 N–H and O–H groups in total. The summed E-state index contributed by atoms with van der Waals surface area (Å²) < 4.78 is 26.6. The molecular formula is C27H37Cl2N3O4S. The number of hydrogen-bond acceptors (Lipinski definition) is 4. The van der Waals surface area contributed by atoms with Gasteiger partial charge in [-0.2, -0.15) is 0 Å². The quantitative estimate of drug-likeness (QED) is 0.366. The molecule has 7 nitrogen and oxygen atoms in total. The summed E-state index contributed by atoms with van der Waals surface area (Å²) in [4.78, 5) is 28.0. The molecule has 0 heterocycles. The van der Waals surface area contributed by atoms with Crippen molar-refractivity contribution >= 4 is 50.7 Å². The highest BCUT2D eigenvalue weighted by Gasteiger charge is 2.30. The van der Waals surface area contributed by atoms with E-state index >= 15 is 0 Å². The zero-order chi connectivity index (χ0) is 27.9. The third kappa shape index (κ3) is 8.35. The van der Waals surface area contributed by atoms with Gasteiger partial charge in [-0.1, -0.05) is 48.3 Å². The SMILES string of the molecule is CCC(C(=O)NC(C)C)N(Cc1c(Cl)cccc1Cl)C(=O)CCCN(c1cccc(C)c1C)S(C)(=O)=O. The van der Waals surface area contributed by atoms with Crippen LogP contribution in [-0.2, 0) is 26.2 Å². The van der Waals surface area contributed by atoms with E-state index in [0.717, 1.165) is 17.4 Å². The first kappa shape index (κ1) is 30.9. The third-order valence-corrected chi connectivity index (χ3v) is 8.09. The molecule has 1 atom stereocenters. The molecule has 37 heavy (non-hydrogen) atoms. The van der Waals surface area contributed by atoms with Gasteiger partial charge in [-0.15, -0.1) is 0 Å². The fourth-order valence-corrected chi connectivity index (χ4v) is 5.67. The van der Waals surface area contributed by atoms with Crippen LogP contribution in [0.15, 0.2) is 36.4 Å². The van der Waals surface area contributed by atoms with Gasteiger partial charge < -0.3 is 10.2 Å². The lowest BCUT2D eigenvalue weighted by atomic mass is 10.1. The first-order valence-electron chi connectivity index (χ1n) is 12.3. The number of nitrogens with zero attached hydrogens (tertiary/aromatic N) is 2. The molecule has 0 aliphatic heterocycles. The van der Waals surface area contributed by atoms with E-state index in [1.165, 1.54) is 9.21 Å². The van der Waals surface area contributed by atoms with Crippen LogP contribution in [0.1, 0.15) is 56.7 Å². The zero-order valence-corrected chi connectivity index (χ0v) is 24.7. The van der Waals surface area contributed by atoms with Crippen molar-refractivity contribution in [3.05, 3.63) is 63.1 Å². The number of nitrogens with one attached hydrogen (secondary N) is 1. The summed E-state index contributed by atoms with van der Waals surface area (Å²) in [7, 11) is -3.57. The second-order valence-corrected chi connectivity index (χ2v) is 12.2. The van der Waals surface area contributed by atoms with Gasteiger partial charge in [-0.05, 0) is 69.9 Å². The number of amides is 2. The molecule has 2 aromatic rings. The van der Waals surface area contributed by atoms with Gasteiger partial charge in [0.15, 0.2) is 0 Å². The predicted molar refractivity (Wildman–Crippen MR) is 152 cm³/mol. The summed E-state index contributed by atoms with van der Waals surface area (Å²) in [5, 5.41) is 3.70. The van der Waals surface area contributed by atoms with E-state index in [0.29, 0.717) is 27.7 Å². The highest BCUT2D eigenvalue weighted by molar-refractivity contribution is 7.92. The van der Waals surface area contributed by atoms with Crippen molar-refractivity contribution in [2.75, 3.05) is 17.1 Å². The van der Waals surface area contributed by atoms with Crippen molar-refractivity contribution in [1.29, 1.82) is 0 Å². The Morgan fingerprint density at radius 3 is 2.16 bits per heavy atom. The number of rotatable bonds is 12. The van der Waals surface area contributed by atoms with E-state index < -0.39 is 16.1 Å². The van der Waals surface area contributed by atoms with Crippen molar-refractivity contribution < 1.29 is 18.0 Å². The zero-order valence-electron chi connectivity index (χ0n) is 22.3. The molecule has 0 aliphatic rings. The van der Waals surface area contributed by atoms with E-state index in [1.54, 1.807) is 24.3 Å². The lowest BCUT2D eigenvalue weighted by Crippen LogP contribution is -2.50. The molecule has 2 aromatic carbocycles. The number of hydrogen-bond donors (Lipinski definition) is 1. The van der Waals surface area contributed by atoms with Crippen LogP contribution < -0.4 is 9.62 Å². The molecule has 0 fully saturated rings. The Morgan fingerprint density at radius 1 is 1.03 bits per heavy atom. The summed E-state index contributed by atoms with van der Waals surface area (Å²) in [5.74, 6) is -0.543. The molecule has 204 valence electrons. The summed E-state index contributed by atoms with van der Waals surface area (Å²) in [6.45, 7) is 9.54. The van der Waals surface area contributed by atoms with Crippen LogP contribution in [-0.4, -0.2) is 50.0 Å². The maximum Gasteiger partial charge on any atom is 0.243 e. The smallest absolute Gasteiger partial charge is 0.243 e. The average molecular weight is 571 g/mol. The standard InChI is InChI=1S/C27H37Cl2N3O4S/c1-7-24(27(34)30-18(2)3)31(17-21-22(28)12-9-13-23(21)29)26(33)15-10-16-32(37(6,35)36)25-14-8-11-19(4)20(25)5/h8-9,11-14,18,24H,7,10,15-17H2,1-6H3,(H,30,34). The molecule has 2 rings (SSSR count). The van der Waals surface area contributed by atoms with Gasteiger partial charge in [0.2, 0.25) is 21.8 Å². The van der Waals surface area contributed by atoms with E-state index in [2.05, 4.69) is 5.32 Å². The molecule has 0 aliphatic carbocycles. The second-order valence-electron chi connectivity index (χ2n) is 9.47. The van der Waals surface area contributed by atoms with E-state index in [1.807, 2.05) is 46.8 Å². The molecular weight excluding hydrogens is 533 g/mol. The Labute approximate surface area is 231 Å². The van der Waals surface area contributed by atoms with E-state index in [4.69, 9.17) is 23.2 Å². The topological polar surface area (TPSA) is 86.8 Å². The van der Waals surface area contributed by atoms with Crippen molar-refractivity contribution in [1.82, 2.24) is 10.2 Å². The van der Waals surface area contributed by atoms with Crippen molar-refractivity contribution in [2.24, 2.45) is 0 Å². The van der Waals surface area contributed by atoms with Crippen molar-refractivity contribution in [3.8, 4) is 0 Å². The van der Waals surface area contributed by atoms with Gasteiger partial charge in [0.25, 0.3) is 0 Å². The highest BCUT2D eigenvalue weighted by Crippen LogP contribution is 2.28. The molecule has 0 spiro atoms.